The van der Waals surface area contributed by atoms with Crippen LogP contribution in [0.5, 0.6) is 0 Å². The van der Waals surface area contributed by atoms with Gasteiger partial charge in [0.05, 0.1) is 0 Å². The van der Waals surface area contributed by atoms with Gasteiger partial charge in [-0.05, 0) is 30.4 Å². The molecule has 1 aromatic rings. The Labute approximate surface area is 86.5 Å². The van der Waals surface area contributed by atoms with Crippen LogP contribution in [0.2, 0.25) is 0 Å². The van der Waals surface area contributed by atoms with Gasteiger partial charge in [0.25, 0.3) is 0 Å². The Hall–Kier alpha value is -0.980. The van der Waals surface area contributed by atoms with Crippen LogP contribution in [0, 0.1) is 0 Å². The van der Waals surface area contributed by atoms with E-state index in [4.69, 9.17) is 0 Å². The lowest BCUT2D eigenvalue weighted by Gasteiger charge is -2.24. The van der Waals surface area contributed by atoms with Gasteiger partial charge in [-0.2, -0.15) is 0 Å². The number of hydrogen-bond acceptors (Lipinski definition) is 1. The normalized spacial score (nSPS) is 18.1. The summed E-state index contributed by atoms with van der Waals surface area (Å²) in [6, 6.07) is 8.73. The average molecular weight is 189 g/mol. The first-order valence-corrected chi connectivity index (χ1v) is 5.68. The molecule has 0 amide bonds. The smallest absolute Gasteiger partial charge is 0.0372 e. The molecule has 76 valence electrons. The molecule has 0 radical (unpaired) electrons. The lowest BCUT2D eigenvalue weighted by Crippen LogP contribution is -2.07. The molecule has 1 saturated carbocycles. The van der Waals surface area contributed by atoms with E-state index in [9.17, 15) is 0 Å². The van der Waals surface area contributed by atoms with Crippen LogP contribution in [0.4, 0.5) is 5.69 Å². The van der Waals surface area contributed by atoms with Crippen molar-refractivity contribution in [2.24, 2.45) is 0 Å². The first-order valence-electron chi connectivity index (χ1n) is 5.68. The van der Waals surface area contributed by atoms with Crippen molar-refractivity contribution in [2.45, 2.75) is 38.0 Å². The third kappa shape index (κ3) is 1.92. The monoisotopic (exact) mass is 189 g/mol. The molecule has 0 aromatic heterocycles. The largest absolute Gasteiger partial charge is 0.388 e. The maximum atomic E-state index is 3.29. The SMILES string of the molecule is CNc1ccccc1C1CCCCC1. The lowest BCUT2D eigenvalue weighted by atomic mass is 9.83. The summed E-state index contributed by atoms with van der Waals surface area (Å²) in [6.45, 7) is 0. The second-order valence-electron chi connectivity index (χ2n) is 4.17. The fourth-order valence-corrected chi connectivity index (χ4v) is 2.49. The summed E-state index contributed by atoms with van der Waals surface area (Å²) >= 11 is 0. The summed E-state index contributed by atoms with van der Waals surface area (Å²) in [5.41, 5.74) is 2.84. The molecule has 1 fully saturated rings. The van der Waals surface area contributed by atoms with Crippen molar-refractivity contribution in [3.8, 4) is 0 Å². The molecule has 1 aliphatic carbocycles. The van der Waals surface area contributed by atoms with Crippen molar-refractivity contribution >= 4 is 5.69 Å². The first-order chi connectivity index (χ1) is 6.92. The van der Waals surface area contributed by atoms with E-state index in [-0.39, 0.29) is 0 Å². The number of hydrogen-bond donors (Lipinski definition) is 1. The molecule has 1 aromatic carbocycles. The zero-order valence-electron chi connectivity index (χ0n) is 8.92. The van der Waals surface area contributed by atoms with Gasteiger partial charge in [0.2, 0.25) is 0 Å². The van der Waals surface area contributed by atoms with Crippen molar-refractivity contribution in [1.29, 1.82) is 0 Å². The first kappa shape index (κ1) is 9.57. The van der Waals surface area contributed by atoms with E-state index >= 15 is 0 Å². The molecule has 1 aliphatic rings. The van der Waals surface area contributed by atoms with Gasteiger partial charge in [0, 0.05) is 12.7 Å². The Kier molecular flexibility index (Phi) is 3.07. The Bertz CT molecular complexity index is 287. The van der Waals surface area contributed by atoms with E-state index in [0.29, 0.717) is 0 Å². The maximum absolute atomic E-state index is 3.29. The Morgan fingerprint density at radius 2 is 1.79 bits per heavy atom. The van der Waals surface area contributed by atoms with Gasteiger partial charge < -0.3 is 5.32 Å². The zero-order chi connectivity index (χ0) is 9.80. The topological polar surface area (TPSA) is 12.0 Å². The van der Waals surface area contributed by atoms with Crippen LogP contribution in [0.15, 0.2) is 24.3 Å². The third-order valence-electron chi connectivity index (χ3n) is 3.28. The Balaban J connectivity index is 2.20. The highest BCUT2D eigenvalue weighted by Crippen LogP contribution is 2.35. The maximum Gasteiger partial charge on any atom is 0.0372 e. The predicted octanol–water partition coefficient (Wildman–Crippen LogP) is 3.78. The van der Waals surface area contributed by atoms with E-state index in [1.54, 1.807) is 0 Å². The van der Waals surface area contributed by atoms with Gasteiger partial charge >= 0.3 is 0 Å². The second-order valence-corrected chi connectivity index (χ2v) is 4.17. The van der Waals surface area contributed by atoms with Crippen LogP contribution >= 0.6 is 0 Å². The highest BCUT2D eigenvalue weighted by molar-refractivity contribution is 5.52. The Morgan fingerprint density at radius 3 is 2.50 bits per heavy atom. The van der Waals surface area contributed by atoms with E-state index < -0.39 is 0 Å². The Morgan fingerprint density at radius 1 is 1.07 bits per heavy atom. The van der Waals surface area contributed by atoms with Gasteiger partial charge in [0.1, 0.15) is 0 Å². The molecule has 0 bridgehead atoms. The van der Waals surface area contributed by atoms with Gasteiger partial charge in [-0.25, -0.2) is 0 Å². The van der Waals surface area contributed by atoms with Crippen LogP contribution < -0.4 is 5.32 Å². The van der Waals surface area contributed by atoms with Crippen molar-refractivity contribution in [2.75, 3.05) is 12.4 Å². The second kappa shape index (κ2) is 4.50. The minimum Gasteiger partial charge on any atom is -0.388 e. The number of rotatable bonds is 2. The van der Waals surface area contributed by atoms with E-state index in [0.717, 1.165) is 5.92 Å². The number of benzene rings is 1. The molecule has 1 nitrogen and oxygen atoms in total. The van der Waals surface area contributed by atoms with Crippen LogP contribution in [0.3, 0.4) is 0 Å². The fourth-order valence-electron chi connectivity index (χ4n) is 2.49. The molecule has 0 unspecified atom stereocenters. The molecule has 0 spiro atoms. The van der Waals surface area contributed by atoms with Gasteiger partial charge in [0.15, 0.2) is 0 Å². The number of anilines is 1. The average Bonchev–Trinajstić information content (AvgIpc) is 2.30. The molecule has 14 heavy (non-hydrogen) atoms. The van der Waals surface area contributed by atoms with Crippen LogP contribution in [-0.4, -0.2) is 7.05 Å². The molecule has 1 N–H and O–H groups in total. The van der Waals surface area contributed by atoms with E-state index in [1.165, 1.54) is 43.4 Å². The van der Waals surface area contributed by atoms with Crippen LogP contribution in [-0.2, 0) is 0 Å². The standard InChI is InChI=1S/C13H19N/c1-14-13-10-6-5-9-12(13)11-7-3-2-4-8-11/h5-6,9-11,14H,2-4,7-8H2,1H3. The van der Waals surface area contributed by atoms with Gasteiger partial charge in [-0.1, -0.05) is 37.5 Å². The molecule has 0 atom stereocenters. The van der Waals surface area contributed by atoms with Crippen LogP contribution in [0.25, 0.3) is 0 Å². The number of nitrogens with one attached hydrogen (secondary N) is 1. The summed E-state index contributed by atoms with van der Waals surface area (Å²) < 4.78 is 0. The summed E-state index contributed by atoms with van der Waals surface area (Å²) in [5.74, 6) is 0.799. The predicted molar refractivity (Wildman–Crippen MR) is 61.8 cm³/mol. The molecule has 1 heteroatoms. The molecule has 0 saturated heterocycles. The molecular weight excluding hydrogens is 170 g/mol. The molecule has 0 aliphatic heterocycles. The van der Waals surface area contributed by atoms with E-state index in [2.05, 4.69) is 29.6 Å². The van der Waals surface area contributed by atoms with Crippen molar-refractivity contribution in [3.63, 3.8) is 0 Å². The van der Waals surface area contributed by atoms with E-state index in [1.807, 2.05) is 7.05 Å². The summed E-state index contributed by atoms with van der Waals surface area (Å²) in [7, 11) is 2.02. The summed E-state index contributed by atoms with van der Waals surface area (Å²) in [6.07, 6.45) is 6.99. The fraction of sp³-hybridized carbons (Fsp3) is 0.538. The highest BCUT2D eigenvalue weighted by atomic mass is 14.8. The summed E-state index contributed by atoms with van der Waals surface area (Å²) in [4.78, 5) is 0. The van der Waals surface area contributed by atoms with Gasteiger partial charge in [-0.3, -0.25) is 0 Å². The highest BCUT2D eigenvalue weighted by Gasteiger charge is 2.17. The molecule has 0 heterocycles. The van der Waals surface area contributed by atoms with Crippen molar-refractivity contribution in [3.05, 3.63) is 29.8 Å². The van der Waals surface area contributed by atoms with Gasteiger partial charge in [-0.15, -0.1) is 0 Å². The zero-order valence-corrected chi connectivity index (χ0v) is 8.92. The van der Waals surface area contributed by atoms with Crippen LogP contribution in [0.1, 0.15) is 43.6 Å². The third-order valence-corrected chi connectivity index (χ3v) is 3.28. The lowest BCUT2D eigenvalue weighted by molar-refractivity contribution is 0.444. The minimum atomic E-state index is 0.799. The quantitative estimate of drug-likeness (QED) is 0.746. The van der Waals surface area contributed by atoms with Crippen molar-refractivity contribution < 1.29 is 0 Å². The number of para-hydroxylation sites is 1. The molecule has 2 rings (SSSR count). The summed E-state index contributed by atoms with van der Waals surface area (Å²) in [5, 5.41) is 3.29. The minimum absolute atomic E-state index is 0.799. The van der Waals surface area contributed by atoms with Crippen molar-refractivity contribution in [1.82, 2.24) is 0 Å². The molecular formula is C13H19N.